The lowest BCUT2D eigenvalue weighted by Gasteiger charge is -2.17. The first-order chi connectivity index (χ1) is 12.1. The largest absolute Gasteiger partial charge is 0.493 e. The predicted molar refractivity (Wildman–Crippen MR) is 99.4 cm³/mol. The molecule has 1 amide bonds. The molecular weight excluding hydrogens is 314 g/mol. The van der Waals surface area contributed by atoms with Crippen LogP contribution in [0.1, 0.15) is 28.9 Å². The van der Waals surface area contributed by atoms with Crippen LogP contribution in [-0.2, 0) is 0 Å². The van der Waals surface area contributed by atoms with E-state index in [1.807, 2.05) is 31.2 Å². The average molecular weight is 335 g/mol. The molecule has 0 radical (unpaired) electrons. The lowest BCUT2D eigenvalue weighted by atomic mass is 9.99. The number of ether oxygens (including phenoxy) is 2. The Kier molecular flexibility index (Phi) is 4.89. The maximum Gasteiger partial charge on any atom is 0.251 e. The second-order valence-corrected chi connectivity index (χ2v) is 5.83. The van der Waals surface area contributed by atoms with E-state index in [0.29, 0.717) is 17.1 Å². The van der Waals surface area contributed by atoms with Crippen LogP contribution in [0.3, 0.4) is 0 Å². The second-order valence-electron chi connectivity index (χ2n) is 5.83. The summed E-state index contributed by atoms with van der Waals surface area (Å²) in [6.07, 6.45) is 0. The molecule has 0 aliphatic carbocycles. The van der Waals surface area contributed by atoms with Crippen LogP contribution in [-0.4, -0.2) is 20.1 Å². The molecule has 128 valence electrons. The molecule has 0 fully saturated rings. The Bertz CT molecular complexity index is 899. The Balaban J connectivity index is 1.85. The molecule has 1 atom stereocenters. The lowest BCUT2D eigenvalue weighted by Crippen LogP contribution is -2.26. The number of carbonyl (C=O) groups excluding carboxylic acids is 1. The molecule has 4 nitrogen and oxygen atoms in total. The summed E-state index contributed by atoms with van der Waals surface area (Å²) in [5.74, 6) is 0.982. The molecule has 0 aliphatic rings. The fraction of sp³-hybridized carbons (Fsp3) is 0.190. The van der Waals surface area contributed by atoms with Gasteiger partial charge in [-0.25, -0.2) is 0 Å². The van der Waals surface area contributed by atoms with Crippen molar-refractivity contribution in [3.8, 4) is 11.5 Å². The van der Waals surface area contributed by atoms with Gasteiger partial charge >= 0.3 is 0 Å². The molecule has 1 unspecified atom stereocenters. The third kappa shape index (κ3) is 3.43. The number of rotatable bonds is 5. The first-order valence-corrected chi connectivity index (χ1v) is 8.14. The van der Waals surface area contributed by atoms with Gasteiger partial charge in [0.05, 0.1) is 20.3 Å². The van der Waals surface area contributed by atoms with Crippen molar-refractivity contribution in [2.45, 2.75) is 13.0 Å². The molecule has 0 bridgehead atoms. The van der Waals surface area contributed by atoms with Crippen molar-refractivity contribution in [1.82, 2.24) is 5.32 Å². The maximum atomic E-state index is 12.6. The van der Waals surface area contributed by atoms with Crippen LogP contribution in [0.5, 0.6) is 11.5 Å². The van der Waals surface area contributed by atoms with E-state index in [1.165, 1.54) is 0 Å². The van der Waals surface area contributed by atoms with Crippen LogP contribution < -0.4 is 14.8 Å². The minimum atomic E-state index is -0.151. The van der Waals surface area contributed by atoms with Gasteiger partial charge in [-0.2, -0.15) is 0 Å². The number of carbonyl (C=O) groups is 1. The smallest absolute Gasteiger partial charge is 0.251 e. The highest BCUT2D eigenvalue weighted by molar-refractivity contribution is 5.95. The Hall–Kier alpha value is -3.01. The molecule has 0 saturated heterocycles. The van der Waals surface area contributed by atoms with Gasteiger partial charge in [-0.3, -0.25) is 4.79 Å². The SMILES string of the molecule is COc1ccc(C(=O)NC(C)c2cccc3ccccc23)cc1OC. The minimum absolute atomic E-state index is 0.119. The van der Waals surface area contributed by atoms with Crippen molar-refractivity contribution in [3.05, 3.63) is 71.8 Å². The molecule has 0 heterocycles. The number of hydrogen-bond acceptors (Lipinski definition) is 3. The van der Waals surface area contributed by atoms with Gasteiger partial charge in [0.2, 0.25) is 0 Å². The summed E-state index contributed by atoms with van der Waals surface area (Å²) >= 11 is 0. The molecule has 0 aromatic heterocycles. The van der Waals surface area contributed by atoms with E-state index >= 15 is 0 Å². The molecule has 3 rings (SSSR count). The third-order valence-electron chi connectivity index (χ3n) is 4.28. The fourth-order valence-electron chi connectivity index (χ4n) is 2.96. The highest BCUT2D eigenvalue weighted by Gasteiger charge is 2.15. The number of fused-ring (bicyclic) bond motifs is 1. The number of hydrogen-bond donors (Lipinski definition) is 1. The number of methoxy groups -OCH3 is 2. The molecule has 0 spiro atoms. The van der Waals surface area contributed by atoms with Crippen molar-refractivity contribution < 1.29 is 14.3 Å². The quantitative estimate of drug-likeness (QED) is 0.754. The zero-order chi connectivity index (χ0) is 17.8. The van der Waals surface area contributed by atoms with Gasteiger partial charge in [-0.05, 0) is 41.5 Å². The van der Waals surface area contributed by atoms with E-state index < -0.39 is 0 Å². The van der Waals surface area contributed by atoms with Crippen LogP contribution in [0.15, 0.2) is 60.7 Å². The Morgan fingerprint density at radius 2 is 1.64 bits per heavy atom. The van der Waals surface area contributed by atoms with Crippen molar-refractivity contribution in [1.29, 1.82) is 0 Å². The van der Waals surface area contributed by atoms with Crippen LogP contribution in [0.25, 0.3) is 10.8 Å². The van der Waals surface area contributed by atoms with Gasteiger partial charge < -0.3 is 14.8 Å². The van der Waals surface area contributed by atoms with E-state index in [-0.39, 0.29) is 11.9 Å². The van der Waals surface area contributed by atoms with Crippen molar-refractivity contribution in [2.75, 3.05) is 14.2 Å². The maximum absolute atomic E-state index is 12.6. The van der Waals surface area contributed by atoms with E-state index in [9.17, 15) is 4.79 Å². The minimum Gasteiger partial charge on any atom is -0.493 e. The van der Waals surface area contributed by atoms with Crippen LogP contribution >= 0.6 is 0 Å². The standard InChI is InChI=1S/C21H21NO3/c1-14(17-10-6-8-15-7-4-5-9-18(15)17)22-21(23)16-11-12-19(24-2)20(13-16)25-3/h4-14H,1-3H3,(H,22,23). The predicted octanol–water partition coefficient (Wildman–Crippen LogP) is 4.35. The van der Waals surface area contributed by atoms with Gasteiger partial charge in [0.1, 0.15) is 0 Å². The molecule has 25 heavy (non-hydrogen) atoms. The normalized spacial score (nSPS) is 11.8. The summed E-state index contributed by atoms with van der Waals surface area (Å²) in [6, 6.07) is 19.3. The molecule has 3 aromatic carbocycles. The third-order valence-corrected chi connectivity index (χ3v) is 4.28. The Morgan fingerprint density at radius 3 is 2.40 bits per heavy atom. The molecule has 0 aliphatic heterocycles. The van der Waals surface area contributed by atoms with Crippen molar-refractivity contribution in [2.24, 2.45) is 0 Å². The summed E-state index contributed by atoms with van der Waals surface area (Å²) in [5, 5.41) is 5.36. The molecular formula is C21H21NO3. The van der Waals surface area contributed by atoms with Crippen LogP contribution in [0, 0.1) is 0 Å². The summed E-state index contributed by atoms with van der Waals surface area (Å²) < 4.78 is 10.5. The summed E-state index contributed by atoms with van der Waals surface area (Å²) in [6.45, 7) is 1.99. The van der Waals surface area contributed by atoms with Crippen LogP contribution in [0.2, 0.25) is 0 Å². The van der Waals surface area contributed by atoms with Gasteiger partial charge in [-0.15, -0.1) is 0 Å². The highest BCUT2D eigenvalue weighted by Crippen LogP contribution is 2.28. The van der Waals surface area contributed by atoms with Gasteiger partial charge in [0.15, 0.2) is 11.5 Å². The van der Waals surface area contributed by atoms with E-state index in [2.05, 4.69) is 23.5 Å². The molecule has 3 aromatic rings. The van der Waals surface area contributed by atoms with Crippen molar-refractivity contribution >= 4 is 16.7 Å². The zero-order valence-corrected chi connectivity index (χ0v) is 14.6. The molecule has 0 saturated carbocycles. The lowest BCUT2D eigenvalue weighted by molar-refractivity contribution is 0.0939. The van der Waals surface area contributed by atoms with Gasteiger partial charge in [-0.1, -0.05) is 42.5 Å². The highest BCUT2D eigenvalue weighted by atomic mass is 16.5. The number of nitrogens with one attached hydrogen (secondary N) is 1. The fourth-order valence-corrected chi connectivity index (χ4v) is 2.96. The number of amides is 1. The second kappa shape index (κ2) is 7.26. The Labute approximate surface area is 147 Å². The van der Waals surface area contributed by atoms with E-state index in [1.54, 1.807) is 32.4 Å². The molecule has 1 N–H and O–H groups in total. The monoisotopic (exact) mass is 335 g/mol. The topological polar surface area (TPSA) is 47.6 Å². The van der Waals surface area contributed by atoms with Crippen molar-refractivity contribution in [3.63, 3.8) is 0 Å². The van der Waals surface area contributed by atoms with E-state index in [0.717, 1.165) is 16.3 Å². The average Bonchev–Trinajstić information content (AvgIpc) is 2.66. The summed E-state index contributed by atoms with van der Waals surface area (Å²) in [4.78, 5) is 12.6. The van der Waals surface area contributed by atoms with E-state index in [4.69, 9.17) is 9.47 Å². The van der Waals surface area contributed by atoms with Gasteiger partial charge in [0.25, 0.3) is 5.91 Å². The first kappa shape index (κ1) is 16.8. The number of benzene rings is 3. The summed E-state index contributed by atoms with van der Waals surface area (Å²) in [5.41, 5.74) is 1.62. The molecule has 4 heteroatoms. The summed E-state index contributed by atoms with van der Waals surface area (Å²) in [7, 11) is 3.12. The zero-order valence-electron chi connectivity index (χ0n) is 14.6. The Morgan fingerprint density at radius 1 is 0.920 bits per heavy atom. The van der Waals surface area contributed by atoms with Crippen LogP contribution in [0.4, 0.5) is 0 Å². The first-order valence-electron chi connectivity index (χ1n) is 8.14. The van der Waals surface area contributed by atoms with Gasteiger partial charge in [0, 0.05) is 5.56 Å².